The molecular weight excluding hydrogens is 247 g/mol. The molecule has 0 spiro atoms. The van der Waals surface area contributed by atoms with Gasteiger partial charge in [0.25, 0.3) is 0 Å². The second-order valence-corrected chi connectivity index (χ2v) is 4.69. The van der Waals surface area contributed by atoms with Gasteiger partial charge in [-0.3, -0.25) is 0 Å². The first-order valence-electron chi connectivity index (χ1n) is 6.23. The molecule has 1 rings (SSSR count). The lowest BCUT2D eigenvalue weighted by molar-refractivity contribution is -0.147. The first kappa shape index (κ1) is 15.4. The lowest BCUT2D eigenvalue weighted by Crippen LogP contribution is -2.57. The van der Waals surface area contributed by atoms with Crippen molar-refractivity contribution in [1.29, 1.82) is 0 Å². The Morgan fingerprint density at radius 2 is 2.21 bits per heavy atom. The highest BCUT2D eigenvalue weighted by molar-refractivity contribution is 5.81. The second-order valence-electron chi connectivity index (χ2n) is 4.69. The van der Waals surface area contributed by atoms with Crippen LogP contribution in [-0.2, 0) is 9.53 Å². The molecular formula is C14H21FN2O2. The molecule has 0 aromatic heterocycles. The summed E-state index contributed by atoms with van der Waals surface area (Å²) in [4.78, 5) is 13.7. The predicted octanol–water partition coefficient (Wildman–Crippen LogP) is 1.80. The Morgan fingerprint density at radius 3 is 2.74 bits per heavy atom. The smallest absolute Gasteiger partial charge is 0.327 e. The molecule has 0 bridgehead atoms. The third-order valence-corrected chi connectivity index (χ3v) is 3.01. The Labute approximate surface area is 113 Å². The summed E-state index contributed by atoms with van der Waals surface area (Å²) in [6, 6.07) is 6.27. The van der Waals surface area contributed by atoms with Crippen LogP contribution in [0.3, 0.4) is 0 Å². The molecule has 0 radical (unpaired) electrons. The highest BCUT2D eigenvalue weighted by Gasteiger charge is 2.34. The summed E-state index contributed by atoms with van der Waals surface area (Å²) in [6.45, 7) is 4.72. The van der Waals surface area contributed by atoms with Crippen LogP contribution in [0.2, 0.25) is 0 Å². The van der Waals surface area contributed by atoms with E-state index in [0.717, 1.165) is 0 Å². The van der Waals surface area contributed by atoms with Gasteiger partial charge in [-0.15, -0.1) is 0 Å². The number of carbonyl (C=O) groups is 1. The number of carbonyl (C=O) groups excluding carboxylic acids is 1. The molecule has 0 amide bonds. The van der Waals surface area contributed by atoms with E-state index in [4.69, 9.17) is 4.74 Å². The quantitative estimate of drug-likeness (QED) is 0.799. The van der Waals surface area contributed by atoms with Gasteiger partial charge < -0.3 is 15.0 Å². The summed E-state index contributed by atoms with van der Waals surface area (Å²) in [5, 5.41) is 3.12. The van der Waals surface area contributed by atoms with Gasteiger partial charge in [0.05, 0.1) is 7.11 Å². The fourth-order valence-electron chi connectivity index (χ4n) is 2.09. The number of esters is 1. The van der Waals surface area contributed by atoms with Crippen LogP contribution in [0.5, 0.6) is 0 Å². The van der Waals surface area contributed by atoms with Crippen LogP contribution in [0.1, 0.15) is 13.8 Å². The predicted molar refractivity (Wildman–Crippen MR) is 73.8 cm³/mol. The monoisotopic (exact) mass is 268 g/mol. The highest BCUT2D eigenvalue weighted by atomic mass is 19.1. The van der Waals surface area contributed by atoms with Gasteiger partial charge in [0.2, 0.25) is 0 Å². The van der Waals surface area contributed by atoms with E-state index in [1.165, 1.54) is 19.2 Å². The van der Waals surface area contributed by atoms with Gasteiger partial charge in [-0.05, 0) is 31.7 Å². The average Bonchev–Trinajstić information content (AvgIpc) is 2.37. The fourth-order valence-corrected chi connectivity index (χ4v) is 2.09. The van der Waals surface area contributed by atoms with Crippen molar-refractivity contribution >= 4 is 11.7 Å². The topological polar surface area (TPSA) is 41.6 Å². The third kappa shape index (κ3) is 3.92. The van der Waals surface area contributed by atoms with Crippen molar-refractivity contribution in [3.8, 4) is 0 Å². The van der Waals surface area contributed by atoms with E-state index in [9.17, 15) is 9.18 Å². The Hall–Kier alpha value is -1.62. The molecule has 1 aromatic carbocycles. The number of halogens is 1. The number of nitrogens with zero attached hydrogens (tertiary/aromatic N) is 1. The zero-order valence-electron chi connectivity index (χ0n) is 11.9. The number of benzene rings is 1. The number of likely N-dealkylation sites (N-methyl/N-ethyl adjacent to an activating group) is 2. The van der Waals surface area contributed by atoms with E-state index in [0.29, 0.717) is 18.8 Å². The number of hydrogen-bond acceptors (Lipinski definition) is 4. The van der Waals surface area contributed by atoms with Gasteiger partial charge in [-0.25, -0.2) is 9.18 Å². The van der Waals surface area contributed by atoms with Crippen molar-refractivity contribution in [3.05, 3.63) is 30.1 Å². The summed E-state index contributed by atoms with van der Waals surface area (Å²) in [6.07, 6.45) is 0. The maximum absolute atomic E-state index is 13.2. The molecule has 4 nitrogen and oxygen atoms in total. The number of nitrogens with one attached hydrogen (secondary N) is 1. The lowest BCUT2D eigenvalue weighted by Gasteiger charge is -2.33. The Balaban J connectivity index is 2.87. The summed E-state index contributed by atoms with van der Waals surface area (Å²) >= 11 is 0. The van der Waals surface area contributed by atoms with Gasteiger partial charge in [0.15, 0.2) is 0 Å². The normalized spacial score (nSPS) is 13.7. The molecule has 0 aliphatic rings. The van der Waals surface area contributed by atoms with E-state index in [1.807, 2.05) is 18.9 Å². The van der Waals surface area contributed by atoms with Gasteiger partial charge in [0.1, 0.15) is 11.4 Å². The summed E-state index contributed by atoms with van der Waals surface area (Å²) < 4.78 is 18.0. The van der Waals surface area contributed by atoms with Crippen molar-refractivity contribution < 1.29 is 13.9 Å². The zero-order valence-corrected chi connectivity index (χ0v) is 11.9. The molecule has 0 fully saturated rings. The molecule has 106 valence electrons. The molecule has 0 saturated heterocycles. The van der Waals surface area contributed by atoms with Crippen molar-refractivity contribution in [2.75, 3.05) is 32.1 Å². The van der Waals surface area contributed by atoms with Crippen molar-refractivity contribution in [3.63, 3.8) is 0 Å². The van der Waals surface area contributed by atoms with E-state index >= 15 is 0 Å². The molecule has 1 N–H and O–H groups in total. The number of rotatable bonds is 6. The molecule has 1 atom stereocenters. The van der Waals surface area contributed by atoms with Crippen LogP contribution < -0.4 is 10.2 Å². The van der Waals surface area contributed by atoms with Crippen LogP contribution in [0.15, 0.2) is 24.3 Å². The molecule has 0 aliphatic heterocycles. The summed E-state index contributed by atoms with van der Waals surface area (Å²) in [7, 11) is 3.17. The van der Waals surface area contributed by atoms with E-state index in [2.05, 4.69) is 5.32 Å². The van der Waals surface area contributed by atoms with Crippen LogP contribution in [0.25, 0.3) is 0 Å². The SMILES string of the molecule is CCNC(C)(CN(C)c1cccc(F)c1)C(=O)OC. The second kappa shape index (κ2) is 6.52. The minimum Gasteiger partial charge on any atom is -0.468 e. The summed E-state index contributed by atoms with van der Waals surface area (Å²) in [5.74, 6) is -0.634. The molecule has 1 unspecified atom stereocenters. The van der Waals surface area contributed by atoms with E-state index < -0.39 is 5.54 Å². The molecule has 0 heterocycles. The number of anilines is 1. The molecule has 19 heavy (non-hydrogen) atoms. The van der Waals surface area contributed by atoms with Gasteiger partial charge in [-0.2, -0.15) is 0 Å². The average molecular weight is 268 g/mol. The molecule has 0 aliphatic carbocycles. The van der Waals surface area contributed by atoms with Crippen molar-refractivity contribution in [2.24, 2.45) is 0 Å². The first-order valence-corrected chi connectivity index (χ1v) is 6.23. The Bertz CT molecular complexity index is 439. The number of ether oxygens (including phenoxy) is 1. The Morgan fingerprint density at radius 1 is 1.53 bits per heavy atom. The fraction of sp³-hybridized carbons (Fsp3) is 0.500. The van der Waals surface area contributed by atoms with E-state index in [1.54, 1.807) is 19.1 Å². The summed E-state index contributed by atoms with van der Waals surface area (Å²) in [5.41, 5.74) is -0.113. The minimum atomic E-state index is -0.829. The van der Waals surface area contributed by atoms with E-state index in [-0.39, 0.29) is 11.8 Å². The largest absolute Gasteiger partial charge is 0.468 e. The maximum Gasteiger partial charge on any atom is 0.327 e. The third-order valence-electron chi connectivity index (χ3n) is 3.01. The first-order chi connectivity index (χ1) is 8.92. The number of methoxy groups -OCH3 is 1. The highest BCUT2D eigenvalue weighted by Crippen LogP contribution is 2.17. The van der Waals surface area contributed by atoms with Crippen molar-refractivity contribution in [1.82, 2.24) is 5.32 Å². The minimum absolute atomic E-state index is 0.299. The van der Waals surface area contributed by atoms with Crippen LogP contribution in [0, 0.1) is 5.82 Å². The standard InChI is InChI=1S/C14H21FN2O2/c1-5-16-14(2,13(18)19-4)10-17(3)12-8-6-7-11(15)9-12/h6-9,16H,5,10H2,1-4H3. The van der Waals surface area contributed by atoms with Crippen LogP contribution in [0.4, 0.5) is 10.1 Å². The van der Waals surface area contributed by atoms with Crippen LogP contribution >= 0.6 is 0 Å². The van der Waals surface area contributed by atoms with Crippen molar-refractivity contribution in [2.45, 2.75) is 19.4 Å². The zero-order chi connectivity index (χ0) is 14.5. The van der Waals surface area contributed by atoms with Gasteiger partial charge in [-0.1, -0.05) is 13.0 Å². The number of hydrogen-bond donors (Lipinski definition) is 1. The molecule has 5 heteroatoms. The molecule has 1 aromatic rings. The van der Waals surface area contributed by atoms with Gasteiger partial charge >= 0.3 is 5.97 Å². The Kier molecular flexibility index (Phi) is 5.30. The molecule has 0 saturated carbocycles. The lowest BCUT2D eigenvalue weighted by atomic mass is 10.0. The van der Waals surface area contributed by atoms with Gasteiger partial charge in [0, 0.05) is 19.3 Å². The maximum atomic E-state index is 13.2. The van der Waals surface area contributed by atoms with Crippen LogP contribution in [-0.4, -0.2) is 38.8 Å².